The number of hydrogen-bond donors (Lipinski definition) is 1. The van der Waals surface area contributed by atoms with Crippen molar-refractivity contribution in [1.82, 2.24) is 0 Å². The first-order valence-corrected chi connectivity index (χ1v) is 6.11. The fraction of sp³-hybridized carbons (Fsp3) is 1.00. The molecule has 1 N–H and O–H groups in total. The molecule has 0 fully saturated rings. The SMILES string of the molecule is CC(C)CC(C)(OS(=O)(=O)O)C(C)C. The second-order valence-electron chi connectivity index (χ2n) is 4.58. The van der Waals surface area contributed by atoms with E-state index in [4.69, 9.17) is 8.74 Å². The van der Waals surface area contributed by atoms with Gasteiger partial charge in [-0.05, 0) is 25.2 Å². The maximum atomic E-state index is 10.7. The van der Waals surface area contributed by atoms with Crippen LogP contribution in [-0.4, -0.2) is 18.6 Å². The van der Waals surface area contributed by atoms with Crippen LogP contribution in [0.3, 0.4) is 0 Å². The molecule has 0 aromatic carbocycles. The molecule has 0 spiro atoms. The van der Waals surface area contributed by atoms with Gasteiger partial charge in [0.25, 0.3) is 0 Å². The Bertz CT molecular complexity index is 269. The molecule has 0 rings (SSSR count). The molecule has 14 heavy (non-hydrogen) atoms. The average Bonchev–Trinajstić information content (AvgIpc) is 1.79. The lowest BCUT2D eigenvalue weighted by molar-refractivity contribution is 0.0165. The summed E-state index contributed by atoms with van der Waals surface area (Å²) in [6.45, 7) is 9.40. The molecule has 0 saturated heterocycles. The van der Waals surface area contributed by atoms with Gasteiger partial charge < -0.3 is 0 Å². The van der Waals surface area contributed by atoms with Gasteiger partial charge in [-0.15, -0.1) is 0 Å². The molecular weight excluding hydrogens is 204 g/mol. The summed E-state index contributed by atoms with van der Waals surface area (Å²) in [4.78, 5) is 0. The summed E-state index contributed by atoms with van der Waals surface area (Å²) < 4.78 is 34.7. The van der Waals surface area contributed by atoms with Gasteiger partial charge in [-0.1, -0.05) is 27.7 Å². The number of hydrogen-bond acceptors (Lipinski definition) is 3. The molecule has 0 aliphatic carbocycles. The minimum atomic E-state index is -4.37. The number of rotatable bonds is 5. The monoisotopic (exact) mass is 224 g/mol. The summed E-state index contributed by atoms with van der Waals surface area (Å²) in [5.41, 5.74) is -0.832. The summed E-state index contributed by atoms with van der Waals surface area (Å²) >= 11 is 0. The molecule has 0 amide bonds. The van der Waals surface area contributed by atoms with Gasteiger partial charge in [-0.2, -0.15) is 8.42 Å². The third kappa shape index (κ3) is 4.93. The minimum Gasteiger partial charge on any atom is -0.264 e. The second kappa shape index (κ2) is 4.59. The Hall–Kier alpha value is -0.130. The third-order valence-electron chi connectivity index (χ3n) is 2.33. The van der Waals surface area contributed by atoms with Crippen LogP contribution in [0.4, 0.5) is 0 Å². The average molecular weight is 224 g/mol. The van der Waals surface area contributed by atoms with Crippen LogP contribution in [0.25, 0.3) is 0 Å². The molecule has 86 valence electrons. The van der Waals surface area contributed by atoms with Gasteiger partial charge in [0.1, 0.15) is 0 Å². The van der Waals surface area contributed by atoms with E-state index in [1.165, 1.54) is 0 Å². The van der Waals surface area contributed by atoms with E-state index in [0.29, 0.717) is 12.3 Å². The van der Waals surface area contributed by atoms with Crippen LogP contribution in [0.15, 0.2) is 0 Å². The van der Waals surface area contributed by atoms with Crippen molar-refractivity contribution in [3.63, 3.8) is 0 Å². The van der Waals surface area contributed by atoms with E-state index in [1.807, 2.05) is 27.7 Å². The quantitative estimate of drug-likeness (QED) is 0.728. The standard InChI is InChI=1S/C9H20O4S/c1-7(2)6-9(5,8(3)4)13-14(10,11)12/h7-8H,6H2,1-5H3,(H,10,11,12). The molecule has 5 heteroatoms. The van der Waals surface area contributed by atoms with Crippen LogP contribution in [0.1, 0.15) is 41.0 Å². The summed E-state index contributed by atoms with van der Waals surface area (Å²) in [7, 11) is -4.37. The highest BCUT2D eigenvalue weighted by molar-refractivity contribution is 7.80. The highest BCUT2D eigenvalue weighted by Gasteiger charge is 2.34. The van der Waals surface area contributed by atoms with Crippen molar-refractivity contribution in [2.24, 2.45) is 11.8 Å². The maximum Gasteiger partial charge on any atom is 0.397 e. The van der Waals surface area contributed by atoms with Crippen LogP contribution in [-0.2, 0) is 14.6 Å². The molecule has 0 aliphatic heterocycles. The Morgan fingerprint density at radius 1 is 1.29 bits per heavy atom. The van der Waals surface area contributed by atoms with Crippen molar-refractivity contribution in [2.45, 2.75) is 46.6 Å². The first kappa shape index (κ1) is 13.9. The van der Waals surface area contributed by atoms with E-state index in [1.54, 1.807) is 6.92 Å². The maximum absolute atomic E-state index is 10.7. The van der Waals surface area contributed by atoms with Gasteiger partial charge in [0.2, 0.25) is 0 Å². The van der Waals surface area contributed by atoms with Crippen LogP contribution in [0.5, 0.6) is 0 Å². The highest BCUT2D eigenvalue weighted by Crippen LogP contribution is 2.30. The fourth-order valence-corrected chi connectivity index (χ4v) is 2.16. The van der Waals surface area contributed by atoms with E-state index < -0.39 is 16.0 Å². The zero-order chi connectivity index (χ0) is 11.6. The van der Waals surface area contributed by atoms with Crippen molar-refractivity contribution < 1.29 is 17.2 Å². The molecule has 0 saturated carbocycles. The Morgan fingerprint density at radius 3 is 1.93 bits per heavy atom. The molecular formula is C9H20O4S. The second-order valence-corrected chi connectivity index (χ2v) is 5.60. The summed E-state index contributed by atoms with van der Waals surface area (Å²) in [6, 6.07) is 0. The van der Waals surface area contributed by atoms with Crippen LogP contribution >= 0.6 is 0 Å². The summed E-state index contributed by atoms with van der Waals surface area (Å²) in [6.07, 6.45) is 0.588. The summed E-state index contributed by atoms with van der Waals surface area (Å²) in [5.74, 6) is 0.330. The van der Waals surface area contributed by atoms with E-state index >= 15 is 0 Å². The molecule has 0 radical (unpaired) electrons. The minimum absolute atomic E-state index is 0.0202. The van der Waals surface area contributed by atoms with E-state index in [2.05, 4.69) is 0 Å². The van der Waals surface area contributed by atoms with Crippen molar-refractivity contribution in [2.75, 3.05) is 0 Å². The Balaban J connectivity index is 4.73. The first-order valence-electron chi connectivity index (χ1n) is 4.75. The lowest BCUT2D eigenvalue weighted by atomic mass is 9.85. The van der Waals surface area contributed by atoms with Gasteiger partial charge in [0.05, 0.1) is 5.60 Å². The van der Waals surface area contributed by atoms with Gasteiger partial charge in [-0.25, -0.2) is 4.18 Å². The molecule has 0 aromatic heterocycles. The molecule has 1 atom stereocenters. The topological polar surface area (TPSA) is 63.6 Å². The lowest BCUT2D eigenvalue weighted by Gasteiger charge is -2.33. The van der Waals surface area contributed by atoms with Crippen molar-refractivity contribution in [3.8, 4) is 0 Å². The van der Waals surface area contributed by atoms with Crippen LogP contribution < -0.4 is 0 Å². The fourth-order valence-electron chi connectivity index (χ4n) is 1.42. The van der Waals surface area contributed by atoms with Crippen LogP contribution in [0.2, 0.25) is 0 Å². The predicted octanol–water partition coefficient (Wildman–Crippen LogP) is 2.27. The highest BCUT2D eigenvalue weighted by atomic mass is 32.3. The predicted molar refractivity (Wildman–Crippen MR) is 55.3 cm³/mol. The van der Waals surface area contributed by atoms with E-state index in [0.717, 1.165) is 0 Å². The van der Waals surface area contributed by atoms with Crippen LogP contribution in [0, 0.1) is 11.8 Å². The molecule has 0 heterocycles. The van der Waals surface area contributed by atoms with E-state index in [-0.39, 0.29) is 5.92 Å². The van der Waals surface area contributed by atoms with Gasteiger partial charge in [0, 0.05) is 0 Å². The Morgan fingerprint density at radius 2 is 1.71 bits per heavy atom. The zero-order valence-electron chi connectivity index (χ0n) is 9.44. The van der Waals surface area contributed by atoms with Crippen molar-refractivity contribution >= 4 is 10.4 Å². The first-order chi connectivity index (χ1) is 6.07. The molecule has 0 aromatic rings. The lowest BCUT2D eigenvalue weighted by Crippen LogP contribution is -2.38. The van der Waals surface area contributed by atoms with Gasteiger partial charge in [0.15, 0.2) is 0 Å². The van der Waals surface area contributed by atoms with Gasteiger partial charge in [-0.3, -0.25) is 4.55 Å². The molecule has 1 unspecified atom stereocenters. The van der Waals surface area contributed by atoms with Crippen molar-refractivity contribution in [1.29, 1.82) is 0 Å². The Labute approximate surface area is 86.6 Å². The third-order valence-corrected chi connectivity index (χ3v) is 2.92. The smallest absolute Gasteiger partial charge is 0.264 e. The summed E-state index contributed by atoms with van der Waals surface area (Å²) in [5, 5.41) is 0. The normalized spacial score (nSPS) is 17.4. The largest absolute Gasteiger partial charge is 0.397 e. The molecule has 4 nitrogen and oxygen atoms in total. The Kier molecular flexibility index (Phi) is 4.55. The van der Waals surface area contributed by atoms with Crippen molar-refractivity contribution in [3.05, 3.63) is 0 Å². The van der Waals surface area contributed by atoms with Gasteiger partial charge >= 0.3 is 10.4 Å². The zero-order valence-corrected chi connectivity index (χ0v) is 10.3. The molecule has 0 bridgehead atoms. The molecule has 0 aliphatic rings. The van der Waals surface area contributed by atoms with E-state index in [9.17, 15) is 8.42 Å².